The predicted octanol–water partition coefficient (Wildman–Crippen LogP) is 3.38. The molecule has 1 N–H and O–H groups in total. The number of morpholine rings is 1. The minimum Gasteiger partial charge on any atom is -0.362 e. The first-order valence-electron chi connectivity index (χ1n) is 8.04. The smallest absolute Gasteiger partial charge is 0.362 e. The summed E-state index contributed by atoms with van der Waals surface area (Å²) in [5, 5.41) is 2.52. The molecule has 0 spiro atoms. The van der Waals surface area contributed by atoms with Crippen molar-refractivity contribution in [2.45, 2.75) is 44.7 Å². The predicted molar refractivity (Wildman–Crippen MR) is 90.8 cm³/mol. The van der Waals surface area contributed by atoms with Crippen LogP contribution in [0.1, 0.15) is 31.1 Å². The van der Waals surface area contributed by atoms with E-state index in [4.69, 9.17) is 4.74 Å². The monoisotopic (exact) mass is 370 g/mol. The Morgan fingerprint density at radius 3 is 2.62 bits per heavy atom. The Balaban J connectivity index is 2.34. The Hall–Kier alpha value is -2.35. The van der Waals surface area contributed by atoms with Crippen molar-refractivity contribution in [3.05, 3.63) is 42.5 Å². The van der Waals surface area contributed by atoms with E-state index in [9.17, 15) is 22.8 Å². The summed E-state index contributed by atoms with van der Waals surface area (Å²) in [4.78, 5) is 25.5. The maximum absolute atomic E-state index is 13.4. The van der Waals surface area contributed by atoms with Gasteiger partial charge in [-0.2, -0.15) is 13.2 Å². The van der Waals surface area contributed by atoms with E-state index in [2.05, 4.69) is 11.9 Å². The first-order valence-corrected chi connectivity index (χ1v) is 8.04. The third kappa shape index (κ3) is 4.07. The van der Waals surface area contributed by atoms with Gasteiger partial charge in [0.1, 0.15) is 0 Å². The van der Waals surface area contributed by atoms with Crippen LogP contribution >= 0.6 is 0 Å². The maximum atomic E-state index is 13.4. The van der Waals surface area contributed by atoms with Crippen LogP contribution in [0, 0.1) is 0 Å². The molecule has 0 radical (unpaired) electrons. The first-order chi connectivity index (χ1) is 12.0. The van der Waals surface area contributed by atoms with Gasteiger partial charge in [-0.15, -0.1) is 0 Å². The number of halogens is 3. The fourth-order valence-electron chi connectivity index (χ4n) is 2.98. The van der Waals surface area contributed by atoms with Gasteiger partial charge in [-0.1, -0.05) is 12.6 Å². The number of carbonyl (C=O) groups is 2. The van der Waals surface area contributed by atoms with Crippen LogP contribution < -0.4 is 5.32 Å². The second-order valence-corrected chi connectivity index (χ2v) is 6.71. The average molecular weight is 370 g/mol. The highest BCUT2D eigenvalue weighted by atomic mass is 19.4. The fourth-order valence-corrected chi connectivity index (χ4v) is 2.98. The molecule has 2 rings (SSSR count). The highest BCUT2D eigenvalue weighted by Crippen LogP contribution is 2.39. The Morgan fingerprint density at radius 2 is 2.04 bits per heavy atom. The van der Waals surface area contributed by atoms with Crippen molar-refractivity contribution in [3.8, 4) is 0 Å². The number of rotatable bonds is 3. The molecule has 1 fully saturated rings. The van der Waals surface area contributed by atoms with Crippen molar-refractivity contribution in [1.29, 1.82) is 0 Å². The SMILES string of the molecule is C=CC(=O)Nc1cccc(C(=O)N2CC(C)OC(C(F)(F)F)C2(C)C)c1. The third-order valence-electron chi connectivity index (χ3n) is 4.25. The third-order valence-corrected chi connectivity index (χ3v) is 4.25. The van der Waals surface area contributed by atoms with Crippen molar-refractivity contribution in [1.82, 2.24) is 4.90 Å². The van der Waals surface area contributed by atoms with E-state index in [0.717, 1.165) is 6.08 Å². The van der Waals surface area contributed by atoms with Gasteiger partial charge in [-0.25, -0.2) is 0 Å². The first kappa shape index (κ1) is 20.0. The van der Waals surface area contributed by atoms with Gasteiger partial charge in [0.05, 0.1) is 11.6 Å². The van der Waals surface area contributed by atoms with Crippen LogP contribution in [-0.2, 0) is 9.53 Å². The molecule has 1 aromatic carbocycles. The van der Waals surface area contributed by atoms with Crippen LogP contribution in [0.15, 0.2) is 36.9 Å². The minimum atomic E-state index is -4.60. The molecule has 0 aromatic heterocycles. The number of carbonyl (C=O) groups excluding carboxylic acids is 2. The number of anilines is 1. The normalized spacial score (nSPS) is 22.6. The zero-order chi connectivity index (χ0) is 19.7. The molecule has 2 unspecified atom stereocenters. The van der Waals surface area contributed by atoms with Crippen LogP contribution in [0.2, 0.25) is 0 Å². The molecule has 1 saturated heterocycles. The number of nitrogens with zero attached hydrogens (tertiary/aromatic N) is 1. The topological polar surface area (TPSA) is 58.6 Å². The number of nitrogens with one attached hydrogen (secondary N) is 1. The number of alkyl halides is 3. The Morgan fingerprint density at radius 1 is 1.38 bits per heavy atom. The van der Waals surface area contributed by atoms with Crippen molar-refractivity contribution >= 4 is 17.5 Å². The molecule has 0 saturated carbocycles. The maximum Gasteiger partial charge on any atom is 0.416 e. The number of ether oxygens (including phenoxy) is 1. The van der Waals surface area contributed by atoms with E-state index in [0.29, 0.717) is 5.69 Å². The van der Waals surface area contributed by atoms with Gasteiger partial charge in [0.15, 0.2) is 6.10 Å². The summed E-state index contributed by atoms with van der Waals surface area (Å²) in [6.07, 6.45) is -6.38. The van der Waals surface area contributed by atoms with Gasteiger partial charge >= 0.3 is 6.18 Å². The number of hydrogen-bond acceptors (Lipinski definition) is 3. The van der Waals surface area contributed by atoms with Crippen LogP contribution in [-0.4, -0.2) is 47.2 Å². The molecule has 2 amide bonds. The fraction of sp³-hybridized carbons (Fsp3) is 0.444. The Kier molecular flexibility index (Phi) is 5.46. The molecule has 142 valence electrons. The standard InChI is InChI=1S/C18H21F3N2O3/c1-5-14(24)22-13-8-6-7-12(9-13)15(25)23-10-11(2)26-16(17(23,3)4)18(19,20)21/h5-9,11,16H,1,10H2,2-4H3,(H,22,24). The molecule has 1 aliphatic heterocycles. The lowest BCUT2D eigenvalue weighted by molar-refractivity contribution is -0.279. The second-order valence-electron chi connectivity index (χ2n) is 6.71. The second kappa shape index (κ2) is 7.11. The van der Waals surface area contributed by atoms with Gasteiger partial charge in [0, 0.05) is 17.8 Å². The van der Waals surface area contributed by atoms with Crippen molar-refractivity contribution in [3.63, 3.8) is 0 Å². The van der Waals surface area contributed by atoms with Gasteiger partial charge in [0.25, 0.3) is 5.91 Å². The van der Waals surface area contributed by atoms with E-state index in [1.54, 1.807) is 12.1 Å². The summed E-state index contributed by atoms with van der Waals surface area (Å²) < 4.78 is 45.2. The van der Waals surface area contributed by atoms with Gasteiger partial charge in [-0.3, -0.25) is 9.59 Å². The van der Waals surface area contributed by atoms with Crippen molar-refractivity contribution < 1.29 is 27.5 Å². The molecular formula is C18H21F3N2O3. The molecular weight excluding hydrogens is 349 g/mol. The van der Waals surface area contributed by atoms with E-state index in [1.807, 2.05) is 0 Å². The van der Waals surface area contributed by atoms with Gasteiger partial charge in [0.2, 0.25) is 5.91 Å². The van der Waals surface area contributed by atoms with E-state index >= 15 is 0 Å². The average Bonchev–Trinajstić information content (AvgIpc) is 2.55. The number of amides is 2. The molecule has 1 aromatic rings. The van der Waals surface area contributed by atoms with Crippen LogP contribution in [0.3, 0.4) is 0 Å². The molecule has 5 nitrogen and oxygen atoms in total. The largest absolute Gasteiger partial charge is 0.416 e. The van der Waals surface area contributed by atoms with Gasteiger partial charge in [-0.05, 0) is 45.0 Å². The highest BCUT2D eigenvalue weighted by Gasteiger charge is 2.57. The highest BCUT2D eigenvalue weighted by molar-refractivity contribution is 6.01. The lowest BCUT2D eigenvalue weighted by Gasteiger charge is -2.50. The molecule has 26 heavy (non-hydrogen) atoms. The molecule has 0 bridgehead atoms. The van der Waals surface area contributed by atoms with Crippen molar-refractivity contribution in [2.24, 2.45) is 0 Å². The number of hydrogen-bond donors (Lipinski definition) is 1. The Bertz CT molecular complexity index is 716. The lowest BCUT2D eigenvalue weighted by Crippen LogP contribution is -2.66. The number of benzene rings is 1. The Labute approximate surface area is 149 Å². The summed E-state index contributed by atoms with van der Waals surface area (Å²) in [5.74, 6) is -1.01. The molecule has 1 aliphatic rings. The van der Waals surface area contributed by atoms with Crippen molar-refractivity contribution in [2.75, 3.05) is 11.9 Å². The summed E-state index contributed by atoms with van der Waals surface area (Å²) in [6.45, 7) is 7.53. The molecule has 8 heteroatoms. The van der Waals surface area contributed by atoms with E-state index < -0.39 is 35.7 Å². The van der Waals surface area contributed by atoms with Crippen LogP contribution in [0.25, 0.3) is 0 Å². The van der Waals surface area contributed by atoms with E-state index in [1.165, 1.54) is 37.8 Å². The summed E-state index contributed by atoms with van der Waals surface area (Å²) in [6, 6.07) is 6.03. The minimum absolute atomic E-state index is 0.0294. The zero-order valence-electron chi connectivity index (χ0n) is 14.8. The zero-order valence-corrected chi connectivity index (χ0v) is 14.8. The lowest BCUT2D eigenvalue weighted by atomic mass is 9.90. The molecule has 2 atom stereocenters. The molecule has 0 aliphatic carbocycles. The quantitative estimate of drug-likeness (QED) is 0.830. The summed E-state index contributed by atoms with van der Waals surface area (Å²) in [5.41, 5.74) is -1.05. The summed E-state index contributed by atoms with van der Waals surface area (Å²) >= 11 is 0. The van der Waals surface area contributed by atoms with Gasteiger partial charge < -0.3 is 15.0 Å². The molecule has 1 heterocycles. The van der Waals surface area contributed by atoms with Crippen LogP contribution in [0.5, 0.6) is 0 Å². The van der Waals surface area contributed by atoms with Crippen LogP contribution in [0.4, 0.5) is 18.9 Å². The van der Waals surface area contributed by atoms with E-state index in [-0.39, 0.29) is 12.1 Å². The summed E-state index contributed by atoms with van der Waals surface area (Å²) in [7, 11) is 0.